The van der Waals surface area contributed by atoms with Gasteiger partial charge in [0.05, 0.1) is 13.7 Å². The molecule has 1 aliphatic carbocycles. The van der Waals surface area contributed by atoms with Crippen LogP contribution in [0.1, 0.15) is 49.0 Å². The van der Waals surface area contributed by atoms with E-state index in [1.165, 1.54) is 0 Å². The third kappa shape index (κ3) is 3.14. The van der Waals surface area contributed by atoms with Gasteiger partial charge in [0.1, 0.15) is 16.9 Å². The lowest BCUT2D eigenvalue weighted by molar-refractivity contribution is -0.152. The van der Waals surface area contributed by atoms with E-state index in [9.17, 15) is 14.4 Å². The van der Waals surface area contributed by atoms with Gasteiger partial charge in [0, 0.05) is 18.4 Å². The number of Topliss-reactive ketones (excluding diaryl/α,β-unsaturated/α-hetero) is 2. The number of carbonyl (C=O) groups is 3. The van der Waals surface area contributed by atoms with Crippen molar-refractivity contribution in [2.24, 2.45) is 5.41 Å². The van der Waals surface area contributed by atoms with Gasteiger partial charge in [-0.25, -0.2) is 0 Å². The van der Waals surface area contributed by atoms with Crippen LogP contribution in [0.3, 0.4) is 0 Å². The van der Waals surface area contributed by atoms with Gasteiger partial charge in [0.15, 0.2) is 5.78 Å². The van der Waals surface area contributed by atoms with Crippen LogP contribution in [0.4, 0.5) is 0 Å². The summed E-state index contributed by atoms with van der Waals surface area (Å²) in [6.45, 7) is 3.68. The lowest BCUT2D eigenvalue weighted by Crippen LogP contribution is -2.39. The van der Waals surface area contributed by atoms with Crippen molar-refractivity contribution in [2.75, 3.05) is 13.7 Å². The predicted octanol–water partition coefficient (Wildman–Crippen LogP) is 2.74. The first-order valence-corrected chi connectivity index (χ1v) is 7.89. The molecule has 0 aliphatic heterocycles. The molecule has 0 saturated heterocycles. The minimum atomic E-state index is -1.28. The van der Waals surface area contributed by atoms with Gasteiger partial charge in [-0.3, -0.25) is 14.4 Å². The quantitative estimate of drug-likeness (QED) is 0.571. The van der Waals surface area contributed by atoms with E-state index < -0.39 is 11.4 Å². The smallest absolute Gasteiger partial charge is 0.320 e. The molecule has 0 spiro atoms. The number of ketones is 2. The Morgan fingerprint density at radius 3 is 2.61 bits per heavy atom. The zero-order valence-corrected chi connectivity index (χ0v) is 13.8. The second-order valence-corrected chi connectivity index (χ2v) is 5.72. The van der Waals surface area contributed by atoms with Crippen molar-refractivity contribution in [1.82, 2.24) is 0 Å². The fourth-order valence-corrected chi connectivity index (χ4v) is 3.00. The third-order valence-electron chi connectivity index (χ3n) is 4.38. The van der Waals surface area contributed by atoms with Crippen molar-refractivity contribution in [3.63, 3.8) is 0 Å². The van der Waals surface area contributed by atoms with Crippen molar-refractivity contribution in [3.05, 3.63) is 29.3 Å². The van der Waals surface area contributed by atoms with Crippen LogP contribution >= 0.6 is 0 Å². The van der Waals surface area contributed by atoms with Crippen LogP contribution in [0.15, 0.2) is 18.2 Å². The SMILES string of the molecule is CCOC(=O)C1(CCC(=O)CC)Cc2cc(OC)ccc2C1=O. The molecular weight excluding hydrogens is 296 g/mol. The minimum absolute atomic E-state index is 0.0370. The molecule has 0 radical (unpaired) electrons. The van der Waals surface area contributed by atoms with Crippen molar-refractivity contribution >= 4 is 17.5 Å². The highest BCUT2D eigenvalue weighted by atomic mass is 16.5. The van der Waals surface area contributed by atoms with Crippen LogP contribution in [-0.2, 0) is 20.7 Å². The average Bonchev–Trinajstić information content (AvgIpc) is 2.85. The van der Waals surface area contributed by atoms with E-state index in [0.717, 1.165) is 5.56 Å². The number of carbonyl (C=O) groups excluding carboxylic acids is 3. The Morgan fingerprint density at radius 1 is 1.26 bits per heavy atom. The summed E-state index contributed by atoms with van der Waals surface area (Å²) in [5.74, 6) is -0.113. The van der Waals surface area contributed by atoms with Gasteiger partial charge in [-0.2, -0.15) is 0 Å². The van der Waals surface area contributed by atoms with E-state index in [1.54, 1.807) is 39.2 Å². The molecule has 1 unspecified atom stereocenters. The Hall–Kier alpha value is -2.17. The van der Waals surface area contributed by atoms with Crippen LogP contribution < -0.4 is 4.74 Å². The molecule has 0 amide bonds. The maximum Gasteiger partial charge on any atom is 0.320 e. The first-order chi connectivity index (χ1) is 11.0. The number of fused-ring (bicyclic) bond motifs is 1. The summed E-state index contributed by atoms with van der Waals surface area (Å²) in [5, 5.41) is 0. The molecule has 5 heteroatoms. The molecule has 5 nitrogen and oxygen atoms in total. The summed E-state index contributed by atoms with van der Waals surface area (Å²) >= 11 is 0. The summed E-state index contributed by atoms with van der Waals surface area (Å²) in [7, 11) is 1.55. The molecule has 1 aliphatic rings. The number of rotatable bonds is 7. The zero-order chi connectivity index (χ0) is 17.0. The van der Waals surface area contributed by atoms with E-state index in [-0.39, 0.29) is 37.4 Å². The first-order valence-electron chi connectivity index (χ1n) is 7.89. The second-order valence-electron chi connectivity index (χ2n) is 5.72. The number of hydrogen-bond acceptors (Lipinski definition) is 5. The van der Waals surface area contributed by atoms with E-state index in [2.05, 4.69) is 0 Å². The number of esters is 1. The molecule has 0 saturated carbocycles. The number of benzene rings is 1. The van der Waals surface area contributed by atoms with Gasteiger partial charge in [-0.05, 0) is 43.5 Å². The van der Waals surface area contributed by atoms with Crippen molar-refractivity contribution in [3.8, 4) is 5.75 Å². The molecular formula is C18H22O5. The monoisotopic (exact) mass is 318 g/mol. The highest BCUT2D eigenvalue weighted by Crippen LogP contribution is 2.43. The maximum atomic E-state index is 12.9. The van der Waals surface area contributed by atoms with Crippen LogP contribution in [0.25, 0.3) is 0 Å². The molecule has 2 rings (SSSR count). The van der Waals surface area contributed by atoms with E-state index >= 15 is 0 Å². The fourth-order valence-electron chi connectivity index (χ4n) is 3.00. The Bertz CT molecular complexity index is 634. The molecule has 23 heavy (non-hydrogen) atoms. The topological polar surface area (TPSA) is 69.7 Å². The molecule has 0 bridgehead atoms. The third-order valence-corrected chi connectivity index (χ3v) is 4.38. The second kappa shape index (κ2) is 6.94. The van der Waals surface area contributed by atoms with E-state index in [1.807, 2.05) is 0 Å². The van der Waals surface area contributed by atoms with Gasteiger partial charge < -0.3 is 9.47 Å². The molecule has 1 atom stereocenters. The molecule has 1 aromatic carbocycles. The van der Waals surface area contributed by atoms with Gasteiger partial charge in [0.2, 0.25) is 0 Å². The largest absolute Gasteiger partial charge is 0.497 e. The number of methoxy groups -OCH3 is 1. The highest BCUT2D eigenvalue weighted by Gasteiger charge is 2.52. The van der Waals surface area contributed by atoms with Crippen molar-refractivity contribution < 1.29 is 23.9 Å². The molecule has 124 valence electrons. The molecule has 0 fully saturated rings. The number of hydrogen-bond donors (Lipinski definition) is 0. The van der Waals surface area contributed by atoms with E-state index in [0.29, 0.717) is 17.7 Å². The summed E-state index contributed by atoms with van der Waals surface area (Å²) in [6, 6.07) is 5.16. The molecule has 0 aromatic heterocycles. The van der Waals surface area contributed by atoms with Crippen LogP contribution in [0.5, 0.6) is 5.75 Å². The Kier molecular flexibility index (Phi) is 5.19. The standard InChI is InChI=1S/C18H22O5/c1-4-13(19)8-9-18(17(21)23-5-2)11-12-10-14(22-3)6-7-15(12)16(18)20/h6-7,10H,4-5,8-9,11H2,1-3H3. The lowest BCUT2D eigenvalue weighted by Gasteiger charge is -2.24. The zero-order valence-electron chi connectivity index (χ0n) is 13.8. The number of ether oxygens (including phenoxy) is 2. The average molecular weight is 318 g/mol. The van der Waals surface area contributed by atoms with E-state index in [4.69, 9.17) is 9.47 Å². The first kappa shape index (κ1) is 17.2. The van der Waals surface area contributed by atoms with Crippen LogP contribution in [0, 0.1) is 5.41 Å². The van der Waals surface area contributed by atoms with Crippen molar-refractivity contribution in [1.29, 1.82) is 0 Å². The molecule has 1 aromatic rings. The Balaban J connectivity index is 2.37. The lowest BCUT2D eigenvalue weighted by atomic mass is 9.78. The van der Waals surface area contributed by atoms with Gasteiger partial charge in [-0.1, -0.05) is 6.92 Å². The fraction of sp³-hybridized carbons (Fsp3) is 0.500. The van der Waals surface area contributed by atoms with Crippen LogP contribution in [0.2, 0.25) is 0 Å². The van der Waals surface area contributed by atoms with Gasteiger partial charge >= 0.3 is 5.97 Å². The Labute approximate surface area is 136 Å². The summed E-state index contributed by atoms with van der Waals surface area (Å²) in [6.07, 6.45) is 1.04. The van der Waals surface area contributed by atoms with Crippen molar-refractivity contribution in [2.45, 2.75) is 39.5 Å². The minimum Gasteiger partial charge on any atom is -0.497 e. The maximum absolute atomic E-state index is 12.9. The highest BCUT2D eigenvalue weighted by molar-refractivity contribution is 6.16. The van der Waals surface area contributed by atoms with Crippen LogP contribution in [-0.4, -0.2) is 31.3 Å². The predicted molar refractivity (Wildman–Crippen MR) is 84.6 cm³/mol. The molecule has 0 N–H and O–H groups in total. The summed E-state index contributed by atoms with van der Waals surface area (Å²) < 4.78 is 10.3. The molecule has 0 heterocycles. The van der Waals surface area contributed by atoms with Gasteiger partial charge in [0.25, 0.3) is 0 Å². The Morgan fingerprint density at radius 2 is 2.00 bits per heavy atom. The van der Waals surface area contributed by atoms with Gasteiger partial charge in [-0.15, -0.1) is 0 Å². The summed E-state index contributed by atoms with van der Waals surface area (Å²) in [5.41, 5.74) is 0.00405. The normalized spacial score (nSPS) is 19.3. The summed E-state index contributed by atoms with van der Waals surface area (Å²) in [4.78, 5) is 37.1.